The highest BCUT2D eigenvalue weighted by molar-refractivity contribution is 6.24. The molecule has 206 valence electrons. The molecule has 4 aliphatic carbocycles. The van der Waals surface area contributed by atoms with Crippen LogP contribution in [0.2, 0.25) is 0 Å². The number of rotatable bonds is 5. The van der Waals surface area contributed by atoms with Crippen LogP contribution >= 0.6 is 0 Å². The molecule has 0 spiro atoms. The van der Waals surface area contributed by atoms with E-state index >= 15 is 0 Å². The quantitative estimate of drug-likeness (QED) is 0.306. The highest BCUT2D eigenvalue weighted by Gasteiger charge is 2.64. The Morgan fingerprint density at radius 2 is 1.84 bits per heavy atom. The Morgan fingerprint density at radius 1 is 1.16 bits per heavy atom. The van der Waals surface area contributed by atoms with Gasteiger partial charge < -0.3 is 36.4 Å². The van der Waals surface area contributed by atoms with Crippen LogP contribution in [0, 0.1) is 17.8 Å². The number of anilines is 1. The lowest BCUT2D eigenvalue weighted by Crippen LogP contribution is -2.66. The minimum atomic E-state index is -2.57. The van der Waals surface area contributed by atoms with Crippen LogP contribution in [0.5, 0.6) is 5.75 Å². The number of aromatic hydroxyl groups is 1. The molecule has 3 saturated carbocycles. The van der Waals surface area contributed by atoms with Crippen LogP contribution in [-0.4, -0.2) is 69.7 Å². The molecule has 10 nitrogen and oxygen atoms in total. The number of phenolic OH excluding ortho intramolecular Hbond substituents is 1. The van der Waals surface area contributed by atoms with Gasteiger partial charge in [-0.1, -0.05) is 19.3 Å². The molecule has 1 aromatic carbocycles. The lowest BCUT2D eigenvalue weighted by Gasteiger charge is -2.48. The zero-order chi connectivity index (χ0) is 27.5. The number of aliphatic hydroxyl groups is 3. The van der Waals surface area contributed by atoms with Crippen molar-refractivity contribution in [2.75, 3.05) is 19.0 Å². The molecule has 0 bridgehead atoms. The van der Waals surface area contributed by atoms with Crippen molar-refractivity contribution in [3.63, 3.8) is 0 Å². The van der Waals surface area contributed by atoms with E-state index in [0.717, 1.165) is 31.4 Å². The molecule has 1 amide bonds. The van der Waals surface area contributed by atoms with Gasteiger partial charge in [0, 0.05) is 49.4 Å². The molecule has 0 saturated heterocycles. The SMILES string of the molecule is CN(C)c1cc(CNC2CCCCC2)c(O)c2c1C[C@H]1C[C@H]3CC(O)C(C(N)=O)C(=O)[C@@]3(O)C(=O)C1=C2O. The molecule has 0 aromatic heterocycles. The number of hydrogen-bond donors (Lipinski definition) is 6. The number of amides is 1. The Kier molecular flexibility index (Phi) is 6.77. The largest absolute Gasteiger partial charge is 0.507 e. The average molecular weight is 528 g/mol. The summed E-state index contributed by atoms with van der Waals surface area (Å²) in [6.07, 6.45) is 4.57. The van der Waals surface area contributed by atoms with Crippen molar-refractivity contribution in [3.8, 4) is 5.75 Å². The predicted octanol–water partition coefficient (Wildman–Crippen LogP) is 1.08. The van der Waals surface area contributed by atoms with E-state index in [-0.39, 0.29) is 29.7 Å². The molecule has 7 N–H and O–H groups in total. The minimum absolute atomic E-state index is 0.124. The minimum Gasteiger partial charge on any atom is -0.507 e. The summed E-state index contributed by atoms with van der Waals surface area (Å²) < 4.78 is 0. The molecule has 2 unspecified atom stereocenters. The first-order valence-electron chi connectivity index (χ1n) is 13.5. The highest BCUT2D eigenvalue weighted by Crippen LogP contribution is 2.53. The van der Waals surface area contributed by atoms with Gasteiger partial charge in [-0.3, -0.25) is 14.4 Å². The van der Waals surface area contributed by atoms with Gasteiger partial charge in [0.25, 0.3) is 0 Å². The molecule has 0 radical (unpaired) electrons. The Bertz CT molecular complexity index is 1220. The first-order valence-corrected chi connectivity index (χ1v) is 13.5. The number of Topliss-reactive ketones (excluding diaryl/α,β-unsaturated/α-hetero) is 2. The van der Waals surface area contributed by atoms with Gasteiger partial charge in [0.1, 0.15) is 17.4 Å². The Hall–Kier alpha value is -2.95. The van der Waals surface area contributed by atoms with E-state index in [4.69, 9.17) is 5.73 Å². The van der Waals surface area contributed by atoms with Crippen LogP contribution < -0.4 is 16.0 Å². The molecular weight excluding hydrogens is 490 g/mol. The number of nitrogens with one attached hydrogen (secondary N) is 1. The lowest BCUT2D eigenvalue weighted by atomic mass is 9.56. The maximum atomic E-state index is 13.7. The molecule has 5 atom stereocenters. The third-order valence-corrected chi connectivity index (χ3v) is 9.11. The van der Waals surface area contributed by atoms with Gasteiger partial charge in [0.15, 0.2) is 11.4 Å². The van der Waals surface area contributed by atoms with E-state index in [1.54, 1.807) is 0 Å². The van der Waals surface area contributed by atoms with Gasteiger partial charge >= 0.3 is 0 Å². The van der Waals surface area contributed by atoms with Gasteiger partial charge in [-0.2, -0.15) is 0 Å². The number of aliphatic hydroxyl groups excluding tert-OH is 2. The smallest absolute Gasteiger partial charge is 0.230 e. The molecule has 0 aliphatic heterocycles. The summed E-state index contributed by atoms with van der Waals surface area (Å²) in [5.41, 5.74) is 4.80. The Labute approximate surface area is 221 Å². The van der Waals surface area contributed by atoms with Crippen LogP contribution in [-0.2, 0) is 27.3 Å². The van der Waals surface area contributed by atoms with E-state index < -0.39 is 52.7 Å². The maximum Gasteiger partial charge on any atom is 0.230 e. The van der Waals surface area contributed by atoms with Crippen molar-refractivity contribution in [1.29, 1.82) is 0 Å². The Balaban J connectivity index is 1.57. The molecule has 4 aliphatic rings. The van der Waals surface area contributed by atoms with Crippen LogP contribution in [0.15, 0.2) is 11.6 Å². The normalized spacial score (nSPS) is 31.5. The second-order valence-corrected chi connectivity index (χ2v) is 11.6. The monoisotopic (exact) mass is 527 g/mol. The van der Waals surface area contributed by atoms with Crippen LogP contribution in [0.3, 0.4) is 0 Å². The van der Waals surface area contributed by atoms with Gasteiger partial charge in [-0.15, -0.1) is 0 Å². The number of nitrogens with zero attached hydrogens (tertiary/aromatic N) is 1. The van der Waals surface area contributed by atoms with Crippen molar-refractivity contribution in [2.45, 2.75) is 75.7 Å². The summed E-state index contributed by atoms with van der Waals surface area (Å²) in [6.45, 7) is 0.382. The summed E-state index contributed by atoms with van der Waals surface area (Å²) >= 11 is 0. The van der Waals surface area contributed by atoms with E-state index in [0.29, 0.717) is 30.1 Å². The molecule has 5 rings (SSSR count). The zero-order valence-electron chi connectivity index (χ0n) is 21.9. The third-order valence-electron chi connectivity index (χ3n) is 9.11. The van der Waals surface area contributed by atoms with Crippen molar-refractivity contribution in [1.82, 2.24) is 5.32 Å². The summed E-state index contributed by atoms with van der Waals surface area (Å²) in [5.74, 6) is -6.99. The van der Waals surface area contributed by atoms with Gasteiger partial charge in [-0.05, 0) is 49.7 Å². The first-order chi connectivity index (χ1) is 18.0. The van der Waals surface area contributed by atoms with Crippen molar-refractivity contribution in [3.05, 3.63) is 28.3 Å². The molecule has 0 heterocycles. The van der Waals surface area contributed by atoms with E-state index in [1.165, 1.54) is 6.42 Å². The molecule has 1 aromatic rings. The van der Waals surface area contributed by atoms with E-state index in [1.807, 2.05) is 25.1 Å². The number of carbonyl (C=O) groups excluding carboxylic acids is 3. The van der Waals surface area contributed by atoms with E-state index in [9.17, 15) is 34.8 Å². The fraction of sp³-hybridized carbons (Fsp3) is 0.607. The van der Waals surface area contributed by atoms with Gasteiger partial charge in [0.2, 0.25) is 11.7 Å². The predicted molar refractivity (Wildman–Crippen MR) is 139 cm³/mol. The molecular formula is C28H37N3O7. The molecule has 38 heavy (non-hydrogen) atoms. The van der Waals surface area contributed by atoms with Crippen LogP contribution in [0.25, 0.3) is 5.76 Å². The number of benzene rings is 1. The van der Waals surface area contributed by atoms with Crippen molar-refractivity contribution in [2.24, 2.45) is 23.5 Å². The number of nitrogens with two attached hydrogens (primary N) is 1. The van der Waals surface area contributed by atoms with Crippen LogP contribution in [0.4, 0.5) is 5.69 Å². The highest BCUT2D eigenvalue weighted by atomic mass is 16.3. The summed E-state index contributed by atoms with van der Waals surface area (Å²) in [6, 6.07) is 2.24. The number of primary amides is 1. The number of phenols is 1. The molecule has 10 heteroatoms. The first kappa shape index (κ1) is 26.6. The van der Waals surface area contributed by atoms with Crippen molar-refractivity contribution >= 4 is 28.9 Å². The maximum absolute atomic E-state index is 13.7. The lowest BCUT2D eigenvalue weighted by molar-refractivity contribution is -0.174. The fourth-order valence-corrected chi connectivity index (χ4v) is 7.12. The second kappa shape index (κ2) is 9.66. The summed E-state index contributed by atoms with van der Waals surface area (Å²) in [4.78, 5) is 40.7. The Morgan fingerprint density at radius 3 is 2.47 bits per heavy atom. The summed E-state index contributed by atoms with van der Waals surface area (Å²) in [7, 11) is 3.73. The summed E-state index contributed by atoms with van der Waals surface area (Å²) in [5, 5.41) is 48.2. The zero-order valence-corrected chi connectivity index (χ0v) is 21.9. The molecule has 3 fully saturated rings. The number of hydrogen-bond acceptors (Lipinski definition) is 9. The second-order valence-electron chi connectivity index (χ2n) is 11.6. The third kappa shape index (κ3) is 4.01. The van der Waals surface area contributed by atoms with Gasteiger partial charge in [0.05, 0.1) is 11.7 Å². The fourth-order valence-electron chi connectivity index (χ4n) is 7.12. The number of carbonyl (C=O) groups is 3. The average Bonchev–Trinajstić information content (AvgIpc) is 2.86. The standard InChI is InChI=1S/C28H37N3O7/c1-31(2)18-10-14(12-30-16-6-4-3-5-7-16)23(33)21-17(18)9-13-8-15-11-19(32)22(27(29)37)26(36)28(15,38)25(35)20(13)24(21)34/h10,13,15-16,19,22,30,32-34,38H,3-9,11-12H2,1-2H3,(H2,29,37)/t13-,15+,19?,22?,28+/m1/s1. The van der Waals surface area contributed by atoms with Gasteiger partial charge in [-0.25, -0.2) is 0 Å². The van der Waals surface area contributed by atoms with Crippen molar-refractivity contribution < 1.29 is 34.8 Å². The van der Waals surface area contributed by atoms with E-state index in [2.05, 4.69) is 5.32 Å². The number of fused-ring (bicyclic) bond motifs is 3. The van der Waals surface area contributed by atoms with Crippen LogP contribution in [0.1, 0.15) is 61.6 Å². The topological polar surface area (TPSA) is 173 Å². The number of ketones is 2.